The molecule has 0 radical (unpaired) electrons. The van der Waals surface area contributed by atoms with Crippen LogP contribution in [-0.2, 0) is 0 Å². The third kappa shape index (κ3) is 3.28. The van der Waals surface area contributed by atoms with Crippen molar-refractivity contribution in [3.63, 3.8) is 0 Å². The molecule has 0 amide bonds. The van der Waals surface area contributed by atoms with Gasteiger partial charge in [0, 0.05) is 15.7 Å². The molecule has 0 aliphatic heterocycles. The van der Waals surface area contributed by atoms with Crippen molar-refractivity contribution < 1.29 is 0 Å². The molecule has 0 aromatic heterocycles. The van der Waals surface area contributed by atoms with Crippen molar-refractivity contribution >= 4 is 40.9 Å². The molecular formula is C15H14Cl2N2. The predicted molar refractivity (Wildman–Crippen MR) is 84.2 cm³/mol. The van der Waals surface area contributed by atoms with Crippen molar-refractivity contribution in [1.82, 2.24) is 0 Å². The quantitative estimate of drug-likeness (QED) is 0.596. The maximum absolute atomic E-state index is 6.05. The van der Waals surface area contributed by atoms with Gasteiger partial charge in [0.15, 0.2) is 0 Å². The molecular weight excluding hydrogens is 279 g/mol. The third-order valence-corrected chi connectivity index (χ3v) is 3.75. The predicted octanol–water partition coefficient (Wildman–Crippen LogP) is 5.38. The SMILES string of the molecule is Cc1c(Cl)cccc1N=CNc1cccc(Cl)c1C. The highest BCUT2D eigenvalue weighted by molar-refractivity contribution is 6.32. The third-order valence-electron chi connectivity index (χ3n) is 2.93. The smallest absolute Gasteiger partial charge is 0.0930 e. The van der Waals surface area contributed by atoms with Crippen LogP contribution >= 0.6 is 23.2 Å². The molecule has 2 aromatic carbocycles. The monoisotopic (exact) mass is 292 g/mol. The van der Waals surface area contributed by atoms with Crippen LogP contribution in [0.2, 0.25) is 10.0 Å². The van der Waals surface area contributed by atoms with Gasteiger partial charge in [-0.25, -0.2) is 4.99 Å². The Morgan fingerprint density at radius 3 is 2.32 bits per heavy atom. The summed E-state index contributed by atoms with van der Waals surface area (Å²) in [4.78, 5) is 4.37. The fraction of sp³-hybridized carbons (Fsp3) is 0.133. The lowest BCUT2D eigenvalue weighted by Crippen LogP contribution is -1.97. The van der Waals surface area contributed by atoms with E-state index in [0.717, 1.165) is 27.5 Å². The number of rotatable bonds is 3. The molecule has 0 bridgehead atoms. The standard InChI is InChI=1S/C15H14Cl2N2/c1-10-12(16)5-3-7-14(10)18-9-19-15-8-4-6-13(17)11(15)2/h3-9H,1-2H3,(H,18,19). The first-order chi connectivity index (χ1) is 9.09. The Kier molecular flexibility index (Phi) is 4.46. The molecule has 2 rings (SSSR count). The van der Waals surface area contributed by atoms with Crippen LogP contribution in [0.5, 0.6) is 0 Å². The molecule has 1 N–H and O–H groups in total. The van der Waals surface area contributed by atoms with E-state index in [1.54, 1.807) is 6.34 Å². The molecule has 0 aliphatic carbocycles. The highest BCUT2D eigenvalue weighted by atomic mass is 35.5. The number of halogens is 2. The normalized spacial score (nSPS) is 10.9. The van der Waals surface area contributed by atoms with E-state index in [0.29, 0.717) is 5.02 Å². The maximum Gasteiger partial charge on any atom is 0.0930 e. The van der Waals surface area contributed by atoms with E-state index in [1.165, 1.54) is 0 Å². The molecule has 4 heteroatoms. The number of nitrogens with zero attached hydrogens (tertiary/aromatic N) is 1. The number of anilines is 1. The molecule has 0 spiro atoms. The topological polar surface area (TPSA) is 24.4 Å². The van der Waals surface area contributed by atoms with Crippen LogP contribution in [0, 0.1) is 13.8 Å². The Hall–Kier alpha value is -1.51. The summed E-state index contributed by atoms with van der Waals surface area (Å²) >= 11 is 12.1. The first-order valence-corrected chi connectivity index (χ1v) is 6.64. The van der Waals surface area contributed by atoms with E-state index in [1.807, 2.05) is 50.2 Å². The molecule has 98 valence electrons. The Morgan fingerprint density at radius 2 is 1.58 bits per heavy atom. The van der Waals surface area contributed by atoms with Gasteiger partial charge >= 0.3 is 0 Å². The van der Waals surface area contributed by atoms with E-state index >= 15 is 0 Å². The van der Waals surface area contributed by atoms with Crippen molar-refractivity contribution in [2.75, 3.05) is 5.32 Å². The van der Waals surface area contributed by atoms with E-state index in [2.05, 4.69) is 10.3 Å². The van der Waals surface area contributed by atoms with Crippen LogP contribution in [0.25, 0.3) is 0 Å². The van der Waals surface area contributed by atoms with Crippen molar-refractivity contribution in [3.05, 3.63) is 57.6 Å². The van der Waals surface area contributed by atoms with Gasteiger partial charge in [-0.3, -0.25) is 0 Å². The van der Waals surface area contributed by atoms with Gasteiger partial charge in [0.2, 0.25) is 0 Å². The molecule has 0 heterocycles. The Labute approximate surface area is 123 Å². The summed E-state index contributed by atoms with van der Waals surface area (Å²) in [5, 5.41) is 4.58. The van der Waals surface area contributed by atoms with Crippen molar-refractivity contribution in [2.24, 2.45) is 4.99 Å². The Balaban J connectivity index is 2.16. The van der Waals surface area contributed by atoms with Gasteiger partial charge in [-0.15, -0.1) is 0 Å². The lowest BCUT2D eigenvalue weighted by molar-refractivity contribution is 1.40. The summed E-state index contributed by atoms with van der Waals surface area (Å²) in [6.07, 6.45) is 1.65. The van der Waals surface area contributed by atoms with Crippen LogP contribution < -0.4 is 5.32 Å². The molecule has 0 fully saturated rings. The average Bonchev–Trinajstić information content (AvgIpc) is 2.39. The van der Waals surface area contributed by atoms with Gasteiger partial charge in [-0.05, 0) is 49.2 Å². The molecule has 0 saturated heterocycles. The first kappa shape index (κ1) is 13.9. The molecule has 0 unspecified atom stereocenters. The Bertz CT molecular complexity index is 622. The second-order valence-corrected chi connectivity index (χ2v) is 5.01. The fourth-order valence-corrected chi connectivity index (χ4v) is 2.02. The molecule has 2 aromatic rings. The average molecular weight is 293 g/mol. The zero-order chi connectivity index (χ0) is 13.8. The molecule has 0 atom stereocenters. The van der Waals surface area contributed by atoms with E-state index in [9.17, 15) is 0 Å². The molecule has 0 saturated carbocycles. The van der Waals surface area contributed by atoms with Crippen molar-refractivity contribution in [3.8, 4) is 0 Å². The summed E-state index contributed by atoms with van der Waals surface area (Å²) in [7, 11) is 0. The molecule has 2 nitrogen and oxygen atoms in total. The van der Waals surface area contributed by atoms with E-state index < -0.39 is 0 Å². The van der Waals surface area contributed by atoms with Crippen molar-refractivity contribution in [1.29, 1.82) is 0 Å². The minimum atomic E-state index is 0.716. The molecule has 19 heavy (non-hydrogen) atoms. The summed E-state index contributed by atoms with van der Waals surface area (Å²) in [6, 6.07) is 11.4. The van der Waals surface area contributed by atoms with Gasteiger partial charge in [-0.2, -0.15) is 0 Å². The number of benzene rings is 2. The Morgan fingerprint density at radius 1 is 0.947 bits per heavy atom. The number of aliphatic imine (C=N–C) groups is 1. The lowest BCUT2D eigenvalue weighted by atomic mass is 10.2. The van der Waals surface area contributed by atoms with E-state index in [-0.39, 0.29) is 0 Å². The van der Waals surface area contributed by atoms with Crippen LogP contribution in [-0.4, -0.2) is 6.34 Å². The maximum atomic E-state index is 6.05. The fourth-order valence-electron chi connectivity index (χ4n) is 1.67. The van der Waals surface area contributed by atoms with Gasteiger partial charge in [0.1, 0.15) is 0 Å². The zero-order valence-electron chi connectivity index (χ0n) is 10.7. The number of hydrogen-bond donors (Lipinski definition) is 1. The van der Waals surface area contributed by atoms with Crippen LogP contribution in [0.4, 0.5) is 11.4 Å². The number of hydrogen-bond acceptors (Lipinski definition) is 1. The van der Waals surface area contributed by atoms with Crippen LogP contribution in [0.15, 0.2) is 41.4 Å². The highest BCUT2D eigenvalue weighted by Crippen LogP contribution is 2.25. The van der Waals surface area contributed by atoms with Gasteiger partial charge in [-0.1, -0.05) is 35.3 Å². The minimum absolute atomic E-state index is 0.716. The lowest BCUT2D eigenvalue weighted by Gasteiger charge is -2.06. The van der Waals surface area contributed by atoms with Crippen LogP contribution in [0.1, 0.15) is 11.1 Å². The summed E-state index contributed by atoms with van der Waals surface area (Å²) in [6.45, 7) is 3.91. The van der Waals surface area contributed by atoms with Gasteiger partial charge in [0.25, 0.3) is 0 Å². The molecule has 0 aliphatic rings. The van der Waals surface area contributed by atoms with E-state index in [4.69, 9.17) is 23.2 Å². The largest absolute Gasteiger partial charge is 0.346 e. The zero-order valence-corrected chi connectivity index (χ0v) is 12.3. The highest BCUT2D eigenvalue weighted by Gasteiger charge is 2.01. The second kappa shape index (κ2) is 6.09. The van der Waals surface area contributed by atoms with Crippen LogP contribution in [0.3, 0.4) is 0 Å². The summed E-state index contributed by atoms with van der Waals surface area (Å²) in [5.41, 5.74) is 3.75. The number of nitrogens with one attached hydrogen (secondary N) is 1. The first-order valence-electron chi connectivity index (χ1n) is 5.89. The van der Waals surface area contributed by atoms with Gasteiger partial charge < -0.3 is 5.32 Å². The minimum Gasteiger partial charge on any atom is -0.346 e. The summed E-state index contributed by atoms with van der Waals surface area (Å²) in [5.74, 6) is 0. The summed E-state index contributed by atoms with van der Waals surface area (Å²) < 4.78 is 0. The van der Waals surface area contributed by atoms with Gasteiger partial charge in [0.05, 0.1) is 12.0 Å². The van der Waals surface area contributed by atoms with Crippen molar-refractivity contribution in [2.45, 2.75) is 13.8 Å². The second-order valence-electron chi connectivity index (χ2n) is 4.20.